The Morgan fingerprint density at radius 2 is 2.00 bits per heavy atom. The number of likely N-dealkylation sites (N-methyl/N-ethyl adjacent to an activating group) is 1. The molecule has 3 unspecified atom stereocenters. The van der Waals surface area contributed by atoms with Gasteiger partial charge >= 0.3 is 5.97 Å². The van der Waals surface area contributed by atoms with Crippen LogP contribution in [0, 0.1) is 0 Å². The molecule has 1 fully saturated rings. The van der Waals surface area contributed by atoms with E-state index in [1.165, 1.54) is 19.3 Å². The average Bonchev–Trinajstić information content (AvgIpc) is 2.21. The summed E-state index contributed by atoms with van der Waals surface area (Å²) in [4.78, 5) is 13.4. The van der Waals surface area contributed by atoms with Gasteiger partial charge in [0.05, 0.1) is 0 Å². The van der Waals surface area contributed by atoms with Gasteiger partial charge in [0.2, 0.25) is 0 Å². The Labute approximate surface area is 98.0 Å². The van der Waals surface area contributed by atoms with E-state index < -0.39 is 12.0 Å². The molecule has 0 saturated carbocycles. The zero-order valence-corrected chi connectivity index (χ0v) is 10.6. The number of likely N-dealkylation sites (tertiary alicyclic amines) is 1. The van der Waals surface area contributed by atoms with Gasteiger partial charge in [-0.05, 0) is 33.2 Å². The molecule has 0 aliphatic carbocycles. The minimum Gasteiger partial charge on any atom is -0.480 e. The quantitative estimate of drug-likeness (QED) is 0.745. The highest BCUT2D eigenvalue weighted by Crippen LogP contribution is 2.22. The first kappa shape index (κ1) is 13.5. The van der Waals surface area contributed by atoms with E-state index in [0.29, 0.717) is 25.2 Å². The highest BCUT2D eigenvalue weighted by molar-refractivity contribution is 5.73. The fourth-order valence-corrected chi connectivity index (χ4v) is 2.52. The molecule has 0 spiro atoms. The highest BCUT2D eigenvalue weighted by atomic mass is 16.4. The summed E-state index contributed by atoms with van der Waals surface area (Å²) in [5.41, 5.74) is 0. The fraction of sp³-hybridized carbons (Fsp3) is 0.917. The normalized spacial score (nSPS) is 28.9. The molecular formula is C12H24N2O2. The molecule has 1 saturated heterocycles. The molecule has 0 aromatic carbocycles. The molecule has 1 heterocycles. The SMILES string of the molecule is CCNC(CN1C(C)CCCC1C)C(=O)O. The summed E-state index contributed by atoms with van der Waals surface area (Å²) in [6, 6.07) is 0.571. The lowest BCUT2D eigenvalue weighted by atomic mass is 9.97. The number of carboxylic acid groups (broad SMARTS) is 1. The van der Waals surface area contributed by atoms with Gasteiger partial charge in [-0.3, -0.25) is 9.69 Å². The van der Waals surface area contributed by atoms with Crippen LogP contribution in [-0.2, 0) is 4.79 Å². The molecule has 1 rings (SSSR count). The Bertz CT molecular complexity index is 223. The number of piperidine rings is 1. The van der Waals surface area contributed by atoms with E-state index in [1.807, 2.05) is 6.92 Å². The Hall–Kier alpha value is -0.610. The molecule has 4 nitrogen and oxygen atoms in total. The number of hydrogen-bond donors (Lipinski definition) is 2. The lowest BCUT2D eigenvalue weighted by Gasteiger charge is -2.40. The van der Waals surface area contributed by atoms with Gasteiger partial charge in [0, 0.05) is 18.6 Å². The van der Waals surface area contributed by atoms with Gasteiger partial charge in [-0.15, -0.1) is 0 Å². The average molecular weight is 228 g/mol. The minimum atomic E-state index is -0.744. The van der Waals surface area contributed by atoms with Gasteiger partial charge in [0.25, 0.3) is 0 Å². The van der Waals surface area contributed by atoms with Crippen LogP contribution >= 0.6 is 0 Å². The van der Waals surface area contributed by atoms with Crippen LogP contribution in [-0.4, -0.2) is 47.2 Å². The Morgan fingerprint density at radius 3 is 2.44 bits per heavy atom. The van der Waals surface area contributed by atoms with E-state index >= 15 is 0 Å². The first-order valence-electron chi connectivity index (χ1n) is 6.28. The molecule has 0 amide bonds. The summed E-state index contributed by atoms with van der Waals surface area (Å²) in [6.45, 7) is 7.65. The number of hydrogen-bond acceptors (Lipinski definition) is 3. The maximum absolute atomic E-state index is 11.1. The van der Waals surface area contributed by atoms with Crippen LogP contribution in [0.3, 0.4) is 0 Å². The van der Waals surface area contributed by atoms with Gasteiger partial charge in [0.1, 0.15) is 6.04 Å². The molecule has 0 aromatic heterocycles. The minimum absolute atomic E-state index is 0.437. The topological polar surface area (TPSA) is 52.6 Å². The van der Waals surface area contributed by atoms with E-state index in [1.54, 1.807) is 0 Å². The lowest BCUT2D eigenvalue weighted by molar-refractivity contribution is -0.140. The van der Waals surface area contributed by atoms with Crippen LogP contribution in [0.5, 0.6) is 0 Å². The standard InChI is InChI=1S/C12H24N2O2/c1-4-13-11(12(15)16)8-14-9(2)6-5-7-10(14)3/h9-11,13H,4-8H2,1-3H3,(H,15,16). The molecule has 94 valence electrons. The second-order valence-electron chi connectivity index (χ2n) is 4.77. The summed E-state index contributed by atoms with van der Waals surface area (Å²) >= 11 is 0. The smallest absolute Gasteiger partial charge is 0.322 e. The van der Waals surface area contributed by atoms with Gasteiger partial charge in [-0.1, -0.05) is 13.3 Å². The number of nitrogens with one attached hydrogen (secondary N) is 1. The fourth-order valence-electron chi connectivity index (χ4n) is 2.52. The molecule has 3 atom stereocenters. The molecular weight excluding hydrogens is 204 g/mol. The third kappa shape index (κ3) is 3.46. The van der Waals surface area contributed by atoms with Crippen LogP contribution in [0.4, 0.5) is 0 Å². The number of rotatable bonds is 5. The summed E-state index contributed by atoms with van der Waals surface area (Å²) in [5.74, 6) is -0.744. The van der Waals surface area contributed by atoms with Crippen molar-refractivity contribution in [2.75, 3.05) is 13.1 Å². The first-order valence-corrected chi connectivity index (χ1v) is 6.28. The summed E-state index contributed by atoms with van der Waals surface area (Å²) < 4.78 is 0. The second kappa shape index (κ2) is 6.21. The van der Waals surface area contributed by atoms with Crippen molar-refractivity contribution in [2.24, 2.45) is 0 Å². The van der Waals surface area contributed by atoms with Gasteiger partial charge in [-0.2, -0.15) is 0 Å². The van der Waals surface area contributed by atoms with Crippen LogP contribution in [0.25, 0.3) is 0 Å². The number of nitrogens with zero attached hydrogens (tertiary/aromatic N) is 1. The molecule has 2 N–H and O–H groups in total. The molecule has 1 aliphatic heterocycles. The second-order valence-corrected chi connectivity index (χ2v) is 4.77. The Kier molecular flexibility index (Phi) is 5.22. The zero-order valence-electron chi connectivity index (χ0n) is 10.6. The maximum atomic E-state index is 11.1. The molecule has 16 heavy (non-hydrogen) atoms. The van der Waals surface area contributed by atoms with Crippen LogP contribution in [0.1, 0.15) is 40.0 Å². The molecule has 0 bridgehead atoms. The van der Waals surface area contributed by atoms with E-state index in [4.69, 9.17) is 5.11 Å². The van der Waals surface area contributed by atoms with E-state index in [0.717, 1.165) is 0 Å². The van der Waals surface area contributed by atoms with Crippen molar-refractivity contribution in [3.8, 4) is 0 Å². The van der Waals surface area contributed by atoms with Crippen molar-refractivity contribution < 1.29 is 9.90 Å². The van der Waals surface area contributed by atoms with Gasteiger partial charge < -0.3 is 10.4 Å². The first-order chi connectivity index (χ1) is 7.56. The van der Waals surface area contributed by atoms with Crippen LogP contribution in [0.2, 0.25) is 0 Å². The lowest BCUT2D eigenvalue weighted by Crippen LogP contribution is -2.52. The maximum Gasteiger partial charge on any atom is 0.322 e. The zero-order chi connectivity index (χ0) is 12.1. The summed E-state index contributed by atoms with van der Waals surface area (Å²) in [7, 11) is 0. The van der Waals surface area contributed by atoms with E-state index in [2.05, 4.69) is 24.1 Å². The highest BCUT2D eigenvalue weighted by Gasteiger charge is 2.29. The Morgan fingerprint density at radius 1 is 1.44 bits per heavy atom. The van der Waals surface area contributed by atoms with E-state index in [-0.39, 0.29) is 0 Å². The van der Waals surface area contributed by atoms with E-state index in [9.17, 15) is 4.79 Å². The van der Waals surface area contributed by atoms with Crippen LogP contribution < -0.4 is 5.32 Å². The number of aliphatic carboxylic acids is 1. The van der Waals surface area contributed by atoms with Crippen LogP contribution in [0.15, 0.2) is 0 Å². The summed E-state index contributed by atoms with van der Waals surface area (Å²) in [5, 5.41) is 12.1. The Balaban J connectivity index is 2.57. The number of carbonyl (C=O) groups is 1. The van der Waals surface area contributed by atoms with Crippen molar-refractivity contribution in [3.63, 3.8) is 0 Å². The van der Waals surface area contributed by atoms with Crippen molar-refractivity contribution >= 4 is 5.97 Å². The predicted octanol–water partition coefficient (Wildman–Crippen LogP) is 1.31. The largest absolute Gasteiger partial charge is 0.480 e. The third-order valence-electron chi connectivity index (χ3n) is 3.52. The van der Waals surface area contributed by atoms with Crippen molar-refractivity contribution in [1.82, 2.24) is 10.2 Å². The predicted molar refractivity (Wildman–Crippen MR) is 64.6 cm³/mol. The molecule has 0 radical (unpaired) electrons. The molecule has 1 aliphatic rings. The number of carboxylic acids is 1. The molecule has 0 aromatic rings. The third-order valence-corrected chi connectivity index (χ3v) is 3.52. The van der Waals surface area contributed by atoms with Crippen molar-refractivity contribution in [1.29, 1.82) is 0 Å². The van der Waals surface area contributed by atoms with Gasteiger partial charge in [0.15, 0.2) is 0 Å². The summed E-state index contributed by atoms with van der Waals surface area (Å²) in [6.07, 6.45) is 3.63. The molecule has 4 heteroatoms. The van der Waals surface area contributed by atoms with Crippen molar-refractivity contribution in [3.05, 3.63) is 0 Å². The monoisotopic (exact) mass is 228 g/mol. The van der Waals surface area contributed by atoms with Crippen molar-refractivity contribution in [2.45, 2.75) is 58.2 Å². The van der Waals surface area contributed by atoms with Gasteiger partial charge in [-0.25, -0.2) is 0 Å².